The standard InChI is InChI=1S/2C16H11NO3.Cu/c2*18-13-8-2-1-7-12(13)16(19)20-14-9-3-5-11-6-4-10-17-15(11)14;/h2*1-10,18H;/q;;+2/p-2. The molecule has 8 nitrogen and oxygen atoms in total. The van der Waals surface area contributed by atoms with Gasteiger partial charge in [-0.1, -0.05) is 84.3 Å². The first-order chi connectivity index (χ1) is 19.5. The van der Waals surface area contributed by atoms with Gasteiger partial charge in [-0.2, -0.15) is 0 Å². The molecule has 0 unspecified atom stereocenters. The maximum atomic E-state index is 12.0. The van der Waals surface area contributed by atoms with Crippen LogP contribution in [-0.4, -0.2) is 21.9 Å². The number of hydrogen-bond acceptors (Lipinski definition) is 8. The third-order valence-corrected chi connectivity index (χ3v) is 5.81. The van der Waals surface area contributed by atoms with Crippen LogP contribution in [-0.2, 0) is 17.1 Å². The Morgan fingerprint density at radius 2 is 0.902 bits per heavy atom. The van der Waals surface area contributed by atoms with Crippen molar-refractivity contribution in [2.75, 3.05) is 0 Å². The molecule has 0 bridgehead atoms. The molecule has 0 aliphatic rings. The number of pyridine rings is 2. The van der Waals surface area contributed by atoms with Crippen LogP contribution >= 0.6 is 0 Å². The van der Waals surface area contributed by atoms with Crippen LogP contribution in [0.3, 0.4) is 0 Å². The molecule has 9 heteroatoms. The van der Waals surface area contributed by atoms with E-state index in [1.807, 2.05) is 24.3 Å². The summed E-state index contributed by atoms with van der Waals surface area (Å²) in [5, 5.41) is 24.9. The van der Waals surface area contributed by atoms with E-state index in [1.54, 1.807) is 73.1 Å². The first-order valence-electron chi connectivity index (χ1n) is 12.2. The molecule has 41 heavy (non-hydrogen) atoms. The second kappa shape index (κ2) is 13.2. The van der Waals surface area contributed by atoms with Crippen molar-refractivity contribution in [2.45, 2.75) is 0 Å². The molecule has 0 fully saturated rings. The molecule has 0 saturated heterocycles. The fourth-order valence-electron chi connectivity index (χ4n) is 3.90. The average Bonchev–Trinajstić information content (AvgIpc) is 2.98. The predicted molar refractivity (Wildman–Crippen MR) is 145 cm³/mol. The molecule has 205 valence electrons. The van der Waals surface area contributed by atoms with Crippen LogP contribution in [0.4, 0.5) is 0 Å². The number of nitrogens with zero attached hydrogens (tertiary/aromatic N) is 2. The number of fused-ring (bicyclic) bond motifs is 2. The van der Waals surface area contributed by atoms with E-state index in [1.165, 1.54) is 24.3 Å². The van der Waals surface area contributed by atoms with E-state index in [9.17, 15) is 19.8 Å². The van der Waals surface area contributed by atoms with Gasteiger partial charge in [0.25, 0.3) is 0 Å². The molecular formula is C32H20CuN2O6. The largest absolute Gasteiger partial charge is 2.00 e. The number of hydrogen-bond donors (Lipinski definition) is 0. The van der Waals surface area contributed by atoms with E-state index < -0.39 is 11.9 Å². The Morgan fingerprint density at radius 3 is 1.32 bits per heavy atom. The van der Waals surface area contributed by atoms with E-state index in [4.69, 9.17) is 9.47 Å². The molecule has 0 N–H and O–H groups in total. The normalized spacial score (nSPS) is 10.1. The van der Waals surface area contributed by atoms with Gasteiger partial charge in [0.2, 0.25) is 0 Å². The number of aromatic nitrogens is 2. The summed E-state index contributed by atoms with van der Waals surface area (Å²) in [4.78, 5) is 32.4. The SMILES string of the molecule is O=C(Oc1cccc2cccnc12)c1ccccc1[O-].O=C(Oc1cccc2cccnc12)c1ccccc1[O-].[Cu+2]. The number of ether oxygens (including phenoxy) is 2. The van der Waals surface area contributed by atoms with Gasteiger partial charge in [-0.25, -0.2) is 9.59 Å². The van der Waals surface area contributed by atoms with Gasteiger partial charge in [0.1, 0.15) is 11.0 Å². The molecule has 0 atom stereocenters. The molecular weight excluding hydrogens is 572 g/mol. The van der Waals surface area contributed by atoms with E-state index >= 15 is 0 Å². The molecule has 4 aromatic carbocycles. The van der Waals surface area contributed by atoms with Gasteiger partial charge in [-0.05, 0) is 36.4 Å². The Hall–Kier alpha value is -5.24. The minimum Gasteiger partial charge on any atom is -0.872 e. The number of carbonyl (C=O) groups is 2. The van der Waals surface area contributed by atoms with Crippen LogP contribution in [0.5, 0.6) is 23.0 Å². The molecule has 0 aliphatic carbocycles. The number of para-hydroxylation sites is 4. The Labute approximate surface area is 245 Å². The van der Waals surface area contributed by atoms with E-state index in [-0.39, 0.29) is 39.7 Å². The predicted octanol–water partition coefficient (Wildman–Crippen LogP) is 5.05. The monoisotopic (exact) mass is 591 g/mol. The van der Waals surface area contributed by atoms with Crippen LogP contribution in [0.15, 0.2) is 122 Å². The minimum absolute atomic E-state index is 0. The maximum Gasteiger partial charge on any atom is 2.00 e. The Bertz CT molecular complexity index is 1700. The summed E-state index contributed by atoms with van der Waals surface area (Å²) in [7, 11) is 0. The second-order valence-electron chi connectivity index (χ2n) is 8.43. The van der Waals surface area contributed by atoms with Gasteiger partial charge in [-0.15, -0.1) is 0 Å². The zero-order valence-electron chi connectivity index (χ0n) is 21.2. The zero-order valence-corrected chi connectivity index (χ0v) is 22.1. The summed E-state index contributed by atoms with van der Waals surface area (Å²) in [6.45, 7) is 0. The van der Waals surface area contributed by atoms with Gasteiger partial charge in [0.05, 0.1) is 11.1 Å². The molecule has 0 amide bonds. The summed E-state index contributed by atoms with van der Waals surface area (Å²) in [5.41, 5.74) is 1.21. The zero-order chi connectivity index (χ0) is 27.9. The van der Waals surface area contributed by atoms with Crippen molar-refractivity contribution in [1.29, 1.82) is 0 Å². The van der Waals surface area contributed by atoms with Gasteiger partial charge in [0, 0.05) is 23.2 Å². The van der Waals surface area contributed by atoms with Crippen LogP contribution < -0.4 is 19.7 Å². The van der Waals surface area contributed by atoms with Gasteiger partial charge >= 0.3 is 29.0 Å². The minimum atomic E-state index is -0.672. The van der Waals surface area contributed by atoms with Crippen LogP contribution in [0, 0.1) is 0 Å². The second-order valence-corrected chi connectivity index (χ2v) is 8.43. The quantitative estimate of drug-likeness (QED) is 0.158. The molecule has 0 spiro atoms. The van der Waals surface area contributed by atoms with E-state index in [0.717, 1.165) is 10.8 Å². The maximum absolute atomic E-state index is 12.0. The van der Waals surface area contributed by atoms with Crippen LogP contribution in [0.1, 0.15) is 20.7 Å². The first-order valence-corrected chi connectivity index (χ1v) is 12.2. The van der Waals surface area contributed by atoms with Gasteiger partial charge < -0.3 is 19.7 Å². The summed E-state index contributed by atoms with van der Waals surface area (Å²) < 4.78 is 10.6. The van der Waals surface area contributed by atoms with Crippen molar-refractivity contribution < 1.29 is 46.3 Å². The van der Waals surface area contributed by atoms with Crippen molar-refractivity contribution >= 4 is 33.7 Å². The van der Waals surface area contributed by atoms with E-state index in [0.29, 0.717) is 22.5 Å². The number of benzene rings is 4. The Morgan fingerprint density at radius 1 is 0.512 bits per heavy atom. The molecule has 0 aliphatic heterocycles. The van der Waals surface area contributed by atoms with Crippen LogP contribution in [0.2, 0.25) is 0 Å². The average molecular weight is 592 g/mol. The van der Waals surface area contributed by atoms with Gasteiger partial charge in [-0.3, -0.25) is 9.97 Å². The summed E-state index contributed by atoms with van der Waals surface area (Å²) in [6.07, 6.45) is 3.25. The molecule has 6 rings (SSSR count). The number of carbonyl (C=O) groups excluding carboxylic acids is 2. The molecule has 6 aromatic rings. The molecule has 0 saturated carbocycles. The van der Waals surface area contributed by atoms with Crippen molar-refractivity contribution in [3.63, 3.8) is 0 Å². The number of rotatable bonds is 4. The van der Waals surface area contributed by atoms with Crippen molar-refractivity contribution in [2.24, 2.45) is 0 Å². The van der Waals surface area contributed by atoms with E-state index in [2.05, 4.69) is 9.97 Å². The summed E-state index contributed by atoms with van der Waals surface area (Å²) in [5.74, 6) is -1.37. The fourth-order valence-corrected chi connectivity index (χ4v) is 3.90. The van der Waals surface area contributed by atoms with Crippen molar-refractivity contribution in [3.8, 4) is 23.0 Å². The topological polar surface area (TPSA) is 124 Å². The third kappa shape index (κ3) is 6.67. The van der Waals surface area contributed by atoms with Crippen LogP contribution in [0.25, 0.3) is 21.8 Å². The smallest absolute Gasteiger partial charge is 0.872 e. The fraction of sp³-hybridized carbons (Fsp3) is 0. The Kier molecular flexibility index (Phi) is 9.27. The summed E-state index contributed by atoms with van der Waals surface area (Å²) >= 11 is 0. The molecule has 1 radical (unpaired) electrons. The molecule has 2 heterocycles. The molecule has 2 aromatic heterocycles. The summed E-state index contributed by atoms with van der Waals surface area (Å²) in [6, 6.07) is 29.9. The van der Waals surface area contributed by atoms with Gasteiger partial charge in [0.15, 0.2) is 11.5 Å². The first kappa shape index (κ1) is 28.8. The third-order valence-electron chi connectivity index (χ3n) is 5.81. The number of esters is 2. The van der Waals surface area contributed by atoms with Crippen molar-refractivity contribution in [1.82, 2.24) is 9.97 Å². The Balaban J connectivity index is 0.000000184. The van der Waals surface area contributed by atoms with Crippen molar-refractivity contribution in [3.05, 3.63) is 133 Å².